The minimum atomic E-state index is -3.47. The van der Waals surface area contributed by atoms with E-state index in [4.69, 9.17) is 0 Å². The van der Waals surface area contributed by atoms with Crippen LogP contribution in [0.1, 0.15) is 18.9 Å². The van der Waals surface area contributed by atoms with Gasteiger partial charge in [-0.2, -0.15) is 17.0 Å². The molecule has 1 aliphatic rings. The smallest absolute Gasteiger partial charge is 0.282 e. The highest BCUT2D eigenvalue weighted by Crippen LogP contribution is 2.28. The first kappa shape index (κ1) is 14.5. The Kier molecular flexibility index (Phi) is 3.96. The van der Waals surface area contributed by atoms with Crippen LogP contribution in [0, 0.1) is 0 Å². The van der Waals surface area contributed by atoms with E-state index in [2.05, 4.69) is 0 Å². The summed E-state index contributed by atoms with van der Waals surface area (Å²) in [5.41, 5.74) is 0.0977. The van der Waals surface area contributed by atoms with Gasteiger partial charge in [0.1, 0.15) is 0 Å². The van der Waals surface area contributed by atoms with E-state index in [-0.39, 0.29) is 13.1 Å². The van der Waals surface area contributed by atoms with Gasteiger partial charge in [-0.15, -0.1) is 0 Å². The van der Waals surface area contributed by atoms with E-state index in [0.717, 1.165) is 5.56 Å². The van der Waals surface area contributed by atoms with Crippen LogP contribution in [0.4, 0.5) is 0 Å². The zero-order chi connectivity index (χ0) is 14.1. The van der Waals surface area contributed by atoms with Crippen molar-refractivity contribution in [1.29, 1.82) is 0 Å². The van der Waals surface area contributed by atoms with Crippen molar-refractivity contribution < 1.29 is 13.5 Å². The minimum Gasteiger partial charge on any atom is -0.387 e. The normalized spacial score (nSPS) is 19.4. The van der Waals surface area contributed by atoms with E-state index in [1.54, 1.807) is 7.05 Å². The summed E-state index contributed by atoms with van der Waals surface area (Å²) < 4.78 is 27.2. The topological polar surface area (TPSA) is 60.9 Å². The highest BCUT2D eigenvalue weighted by atomic mass is 32.2. The maximum atomic E-state index is 12.3. The molecule has 0 spiro atoms. The van der Waals surface area contributed by atoms with Gasteiger partial charge >= 0.3 is 0 Å². The molecule has 0 aliphatic carbocycles. The summed E-state index contributed by atoms with van der Waals surface area (Å²) in [6.07, 6.45) is 0.571. The van der Waals surface area contributed by atoms with E-state index >= 15 is 0 Å². The lowest BCUT2D eigenvalue weighted by Crippen LogP contribution is -2.64. The number of aliphatic hydroxyl groups is 1. The molecule has 1 N–H and O–H groups in total. The summed E-state index contributed by atoms with van der Waals surface area (Å²) in [5, 5.41) is 9.90. The fourth-order valence-electron chi connectivity index (χ4n) is 2.12. The van der Waals surface area contributed by atoms with Crippen LogP contribution < -0.4 is 0 Å². The Balaban J connectivity index is 2.01. The molecule has 1 aromatic carbocycles. The second-order valence-corrected chi connectivity index (χ2v) is 7.13. The SMILES string of the molecule is CCC1(O)CN(S(=O)(=O)N(C)Cc2ccccc2)C1. The van der Waals surface area contributed by atoms with Crippen LogP contribution in [0.3, 0.4) is 0 Å². The Labute approximate surface area is 114 Å². The van der Waals surface area contributed by atoms with Crippen LogP contribution in [0.15, 0.2) is 30.3 Å². The number of hydrogen-bond acceptors (Lipinski definition) is 3. The zero-order valence-electron chi connectivity index (χ0n) is 11.3. The molecule has 0 amide bonds. The molecule has 0 aromatic heterocycles. The molecule has 2 rings (SSSR count). The molecule has 1 aromatic rings. The summed E-state index contributed by atoms with van der Waals surface area (Å²) >= 11 is 0. The zero-order valence-corrected chi connectivity index (χ0v) is 12.1. The van der Waals surface area contributed by atoms with Crippen LogP contribution in [-0.4, -0.2) is 47.9 Å². The van der Waals surface area contributed by atoms with Gasteiger partial charge in [0.2, 0.25) is 0 Å². The standard InChI is InChI=1S/C13H20N2O3S/c1-3-13(16)10-15(11-13)19(17,18)14(2)9-12-7-5-4-6-8-12/h4-8,16H,3,9-11H2,1-2H3. The number of nitrogens with zero attached hydrogens (tertiary/aromatic N) is 2. The molecule has 0 atom stereocenters. The van der Waals surface area contributed by atoms with Crippen LogP contribution in [0.2, 0.25) is 0 Å². The Bertz CT molecular complexity index is 524. The summed E-state index contributed by atoms with van der Waals surface area (Å²) in [5.74, 6) is 0. The third-order valence-electron chi connectivity index (χ3n) is 3.57. The Morgan fingerprint density at radius 3 is 2.42 bits per heavy atom. The molecule has 0 unspecified atom stereocenters. The van der Waals surface area contributed by atoms with Crippen molar-refractivity contribution >= 4 is 10.2 Å². The molecule has 1 aliphatic heterocycles. The predicted molar refractivity (Wildman–Crippen MR) is 73.6 cm³/mol. The molecule has 0 radical (unpaired) electrons. The molecule has 0 saturated carbocycles. The Hall–Kier alpha value is -0.950. The van der Waals surface area contributed by atoms with Crippen molar-refractivity contribution in [2.75, 3.05) is 20.1 Å². The number of hydrogen-bond donors (Lipinski definition) is 1. The lowest BCUT2D eigenvalue weighted by molar-refractivity contribution is -0.0633. The molecule has 6 heteroatoms. The van der Waals surface area contributed by atoms with E-state index < -0.39 is 15.8 Å². The van der Waals surface area contributed by atoms with Crippen molar-refractivity contribution in [3.05, 3.63) is 35.9 Å². The maximum Gasteiger partial charge on any atom is 0.282 e. The predicted octanol–water partition coefficient (Wildman–Crippen LogP) is 0.820. The fourth-order valence-corrected chi connectivity index (χ4v) is 3.63. The first-order valence-electron chi connectivity index (χ1n) is 6.35. The fraction of sp³-hybridized carbons (Fsp3) is 0.538. The van der Waals surface area contributed by atoms with Gasteiger partial charge < -0.3 is 5.11 Å². The molecular weight excluding hydrogens is 264 g/mol. The van der Waals surface area contributed by atoms with Gasteiger partial charge in [0.25, 0.3) is 10.2 Å². The molecule has 1 saturated heterocycles. The third kappa shape index (κ3) is 2.97. The Morgan fingerprint density at radius 1 is 1.32 bits per heavy atom. The number of rotatable bonds is 5. The van der Waals surface area contributed by atoms with Crippen molar-refractivity contribution in [2.45, 2.75) is 25.5 Å². The summed E-state index contributed by atoms with van der Waals surface area (Å²) in [7, 11) is -1.91. The van der Waals surface area contributed by atoms with Crippen LogP contribution in [0.5, 0.6) is 0 Å². The van der Waals surface area contributed by atoms with Gasteiger partial charge in [-0.05, 0) is 12.0 Å². The summed E-state index contributed by atoms with van der Waals surface area (Å²) in [4.78, 5) is 0. The lowest BCUT2D eigenvalue weighted by atomic mass is 9.94. The van der Waals surface area contributed by atoms with Crippen LogP contribution >= 0.6 is 0 Å². The van der Waals surface area contributed by atoms with E-state index in [1.165, 1.54) is 8.61 Å². The second kappa shape index (κ2) is 5.20. The maximum absolute atomic E-state index is 12.3. The van der Waals surface area contributed by atoms with Crippen molar-refractivity contribution in [3.63, 3.8) is 0 Å². The number of benzene rings is 1. The van der Waals surface area contributed by atoms with Gasteiger partial charge in [0.15, 0.2) is 0 Å². The first-order valence-corrected chi connectivity index (χ1v) is 7.75. The van der Waals surface area contributed by atoms with Gasteiger partial charge in [-0.25, -0.2) is 0 Å². The molecule has 19 heavy (non-hydrogen) atoms. The average molecular weight is 284 g/mol. The number of β-amino-alcohol motifs (C(OH)–C–C–N with tert-alkyl or cyclic N) is 1. The van der Waals surface area contributed by atoms with Gasteiger partial charge in [-0.3, -0.25) is 0 Å². The monoisotopic (exact) mass is 284 g/mol. The Morgan fingerprint density at radius 2 is 1.89 bits per heavy atom. The highest BCUT2D eigenvalue weighted by Gasteiger charge is 2.46. The van der Waals surface area contributed by atoms with Crippen molar-refractivity contribution in [1.82, 2.24) is 8.61 Å². The molecule has 1 heterocycles. The quantitative estimate of drug-likeness (QED) is 0.871. The van der Waals surface area contributed by atoms with Gasteiger partial charge in [-0.1, -0.05) is 37.3 Å². The van der Waals surface area contributed by atoms with Crippen LogP contribution in [0.25, 0.3) is 0 Å². The van der Waals surface area contributed by atoms with E-state index in [0.29, 0.717) is 13.0 Å². The second-order valence-electron chi connectivity index (χ2n) is 5.10. The largest absolute Gasteiger partial charge is 0.387 e. The van der Waals surface area contributed by atoms with Gasteiger partial charge in [0, 0.05) is 26.7 Å². The average Bonchev–Trinajstić information content (AvgIpc) is 2.36. The molecule has 5 nitrogen and oxygen atoms in total. The highest BCUT2D eigenvalue weighted by molar-refractivity contribution is 7.86. The lowest BCUT2D eigenvalue weighted by Gasteiger charge is -2.46. The molecule has 0 bridgehead atoms. The van der Waals surface area contributed by atoms with Crippen LogP contribution in [-0.2, 0) is 16.8 Å². The van der Waals surface area contributed by atoms with Crippen molar-refractivity contribution in [3.8, 4) is 0 Å². The van der Waals surface area contributed by atoms with E-state index in [9.17, 15) is 13.5 Å². The van der Waals surface area contributed by atoms with E-state index in [1.807, 2.05) is 37.3 Å². The molecule has 106 valence electrons. The molecule has 1 fully saturated rings. The van der Waals surface area contributed by atoms with Gasteiger partial charge in [0.05, 0.1) is 5.60 Å². The first-order chi connectivity index (χ1) is 8.87. The minimum absolute atomic E-state index is 0.185. The third-order valence-corrected chi connectivity index (χ3v) is 5.40. The van der Waals surface area contributed by atoms with Crippen molar-refractivity contribution in [2.24, 2.45) is 0 Å². The molecular formula is C13H20N2O3S. The summed E-state index contributed by atoms with van der Waals surface area (Å²) in [6, 6.07) is 9.45. The summed E-state index contributed by atoms with van der Waals surface area (Å²) in [6.45, 7) is 2.57.